The second kappa shape index (κ2) is 6.53. The van der Waals surface area contributed by atoms with Crippen molar-refractivity contribution < 1.29 is 4.74 Å². The van der Waals surface area contributed by atoms with Crippen LogP contribution in [-0.2, 0) is 6.61 Å². The van der Waals surface area contributed by atoms with Gasteiger partial charge in [0.15, 0.2) is 0 Å². The van der Waals surface area contributed by atoms with Gasteiger partial charge in [0.05, 0.1) is 0 Å². The molecule has 0 spiro atoms. The molecule has 0 aliphatic rings. The zero-order valence-electron chi connectivity index (χ0n) is 14.3. The van der Waals surface area contributed by atoms with E-state index in [0.29, 0.717) is 6.61 Å². The number of hydrogen-bond acceptors (Lipinski definition) is 2. The Hall–Kier alpha value is -1.80. The summed E-state index contributed by atoms with van der Waals surface area (Å²) in [5.41, 5.74) is 11.1. The minimum Gasteiger partial charge on any atom is -0.488 e. The molecule has 2 N–H and O–H groups in total. The lowest BCUT2D eigenvalue weighted by atomic mass is 9.82. The van der Waals surface area contributed by atoms with Gasteiger partial charge in [0.1, 0.15) is 12.4 Å². The van der Waals surface area contributed by atoms with Crippen molar-refractivity contribution in [3.63, 3.8) is 0 Å². The molecule has 2 heteroatoms. The monoisotopic (exact) mass is 297 g/mol. The van der Waals surface area contributed by atoms with E-state index in [1.165, 1.54) is 11.1 Å². The number of nitrogens with two attached hydrogens (primary N) is 1. The van der Waals surface area contributed by atoms with Crippen LogP contribution in [-0.4, -0.2) is 0 Å². The summed E-state index contributed by atoms with van der Waals surface area (Å²) in [6.07, 6.45) is 0. The topological polar surface area (TPSA) is 35.2 Å². The largest absolute Gasteiger partial charge is 0.488 e. The Morgan fingerprint density at radius 3 is 2.05 bits per heavy atom. The summed E-state index contributed by atoms with van der Waals surface area (Å²) in [6.45, 7) is 11.3. The van der Waals surface area contributed by atoms with E-state index in [0.717, 1.165) is 16.9 Å². The van der Waals surface area contributed by atoms with Crippen LogP contribution in [0, 0.1) is 19.3 Å². The molecule has 0 aromatic heterocycles. The van der Waals surface area contributed by atoms with Crippen LogP contribution in [0.3, 0.4) is 0 Å². The van der Waals surface area contributed by atoms with Gasteiger partial charge < -0.3 is 10.5 Å². The Morgan fingerprint density at radius 2 is 1.55 bits per heavy atom. The maximum atomic E-state index is 6.38. The molecule has 0 unspecified atom stereocenters. The average Bonchev–Trinajstić information content (AvgIpc) is 2.45. The molecule has 0 heterocycles. The second-order valence-corrected chi connectivity index (χ2v) is 7.10. The van der Waals surface area contributed by atoms with Crippen molar-refractivity contribution in [1.29, 1.82) is 0 Å². The zero-order valence-corrected chi connectivity index (χ0v) is 14.3. The quantitative estimate of drug-likeness (QED) is 0.868. The summed E-state index contributed by atoms with van der Waals surface area (Å²) in [6, 6.07) is 14.6. The van der Waals surface area contributed by atoms with Crippen LogP contribution in [0.2, 0.25) is 0 Å². The fourth-order valence-electron chi connectivity index (χ4n) is 2.62. The molecular weight excluding hydrogens is 270 g/mol. The van der Waals surface area contributed by atoms with Crippen molar-refractivity contribution in [1.82, 2.24) is 0 Å². The lowest BCUT2D eigenvalue weighted by molar-refractivity contribution is 0.300. The van der Waals surface area contributed by atoms with E-state index in [1.54, 1.807) is 0 Å². The summed E-state index contributed by atoms with van der Waals surface area (Å²) < 4.78 is 6.03. The molecule has 1 atom stereocenters. The summed E-state index contributed by atoms with van der Waals surface area (Å²) >= 11 is 0. The van der Waals surface area contributed by atoms with Gasteiger partial charge in [-0.3, -0.25) is 0 Å². The van der Waals surface area contributed by atoms with Crippen LogP contribution in [0.25, 0.3) is 0 Å². The minimum atomic E-state index is 0.0214. The van der Waals surface area contributed by atoms with Crippen molar-refractivity contribution in [2.75, 3.05) is 0 Å². The number of rotatable bonds is 4. The van der Waals surface area contributed by atoms with E-state index >= 15 is 0 Å². The summed E-state index contributed by atoms with van der Waals surface area (Å²) in [5.74, 6) is 0.966. The number of hydrogen-bond donors (Lipinski definition) is 1. The highest BCUT2D eigenvalue weighted by Crippen LogP contribution is 2.34. The van der Waals surface area contributed by atoms with Crippen molar-refractivity contribution in [3.05, 3.63) is 64.7 Å². The number of benzene rings is 2. The van der Waals surface area contributed by atoms with Crippen LogP contribution >= 0.6 is 0 Å². The molecule has 0 amide bonds. The molecule has 0 bridgehead atoms. The molecule has 2 nitrogen and oxygen atoms in total. The Balaban J connectivity index is 2.20. The molecule has 0 radical (unpaired) electrons. The first-order valence-corrected chi connectivity index (χ1v) is 7.82. The van der Waals surface area contributed by atoms with Crippen LogP contribution < -0.4 is 10.5 Å². The first kappa shape index (κ1) is 16.6. The van der Waals surface area contributed by atoms with E-state index in [9.17, 15) is 0 Å². The Morgan fingerprint density at radius 1 is 1.00 bits per heavy atom. The SMILES string of the molecule is Cc1cc([C@H](N)C(C)(C)C)cc(C)c1OCc1ccccc1. The van der Waals surface area contributed by atoms with Crippen molar-refractivity contribution in [2.24, 2.45) is 11.1 Å². The number of aryl methyl sites for hydroxylation is 2. The molecule has 2 aromatic carbocycles. The third kappa shape index (κ3) is 3.89. The molecule has 0 aliphatic carbocycles. The zero-order chi connectivity index (χ0) is 16.3. The second-order valence-electron chi connectivity index (χ2n) is 7.10. The summed E-state index contributed by atoms with van der Waals surface area (Å²) in [5, 5.41) is 0. The van der Waals surface area contributed by atoms with Gasteiger partial charge in [-0.2, -0.15) is 0 Å². The van der Waals surface area contributed by atoms with Crippen molar-refractivity contribution in [2.45, 2.75) is 47.3 Å². The molecule has 2 aromatic rings. The van der Waals surface area contributed by atoms with Gasteiger partial charge in [-0.25, -0.2) is 0 Å². The van der Waals surface area contributed by atoms with Crippen LogP contribution in [0.5, 0.6) is 5.75 Å². The molecular formula is C20H27NO. The van der Waals surface area contributed by atoms with Gasteiger partial charge in [0.2, 0.25) is 0 Å². The molecule has 118 valence electrons. The fraction of sp³-hybridized carbons (Fsp3) is 0.400. The molecule has 22 heavy (non-hydrogen) atoms. The predicted molar refractivity (Wildman–Crippen MR) is 93.1 cm³/mol. The van der Waals surface area contributed by atoms with Crippen LogP contribution in [0.1, 0.15) is 49.1 Å². The van der Waals surface area contributed by atoms with Gasteiger partial charge >= 0.3 is 0 Å². The molecule has 0 fully saturated rings. The van der Waals surface area contributed by atoms with Gasteiger partial charge in [-0.1, -0.05) is 63.2 Å². The highest BCUT2D eigenvalue weighted by Gasteiger charge is 2.23. The molecule has 0 aliphatic heterocycles. The van der Waals surface area contributed by atoms with Gasteiger partial charge in [-0.05, 0) is 41.5 Å². The summed E-state index contributed by atoms with van der Waals surface area (Å²) in [7, 11) is 0. The Labute approximate surface area is 134 Å². The van der Waals surface area contributed by atoms with E-state index in [2.05, 4.69) is 58.9 Å². The normalized spacial score (nSPS) is 13.0. The van der Waals surface area contributed by atoms with E-state index in [-0.39, 0.29) is 11.5 Å². The van der Waals surface area contributed by atoms with Gasteiger partial charge in [0.25, 0.3) is 0 Å². The van der Waals surface area contributed by atoms with E-state index in [1.807, 2.05) is 18.2 Å². The average molecular weight is 297 g/mol. The van der Waals surface area contributed by atoms with Gasteiger partial charge in [-0.15, -0.1) is 0 Å². The van der Waals surface area contributed by atoms with Crippen molar-refractivity contribution >= 4 is 0 Å². The molecule has 2 rings (SSSR count). The highest BCUT2D eigenvalue weighted by molar-refractivity contribution is 5.44. The first-order chi connectivity index (χ1) is 10.3. The van der Waals surface area contributed by atoms with Crippen LogP contribution in [0.4, 0.5) is 0 Å². The third-order valence-electron chi connectivity index (χ3n) is 4.00. The van der Waals surface area contributed by atoms with E-state index < -0.39 is 0 Å². The Kier molecular flexibility index (Phi) is 4.92. The fourth-order valence-corrected chi connectivity index (χ4v) is 2.62. The number of ether oxygens (including phenoxy) is 1. The smallest absolute Gasteiger partial charge is 0.125 e. The highest BCUT2D eigenvalue weighted by atomic mass is 16.5. The van der Waals surface area contributed by atoms with Gasteiger partial charge in [0, 0.05) is 6.04 Å². The van der Waals surface area contributed by atoms with E-state index in [4.69, 9.17) is 10.5 Å². The summed E-state index contributed by atoms with van der Waals surface area (Å²) in [4.78, 5) is 0. The lowest BCUT2D eigenvalue weighted by Crippen LogP contribution is -2.26. The van der Waals surface area contributed by atoms with Crippen molar-refractivity contribution in [3.8, 4) is 5.75 Å². The molecule has 0 saturated carbocycles. The Bertz CT molecular complexity index is 603. The van der Waals surface area contributed by atoms with Crippen LogP contribution in [0.15, 0.2) is 42.5 Å². The lowest BCUT2D eigenvalue weighted by Gasteiger charge is -2.28. The maximum absolute atomic E-state index is 6.38. The standard InChI is InChI=1S/C20H27NO/c1-14-11-17(19(21)20(3,4)5)12-15(2)18(14)22-13-16-9-7-6-8-10-16/h6-12,19H,13,21H2,1-5H3/t19-/m0/s1. The third-order valence-corrected chi connectivity index (χ3v) is 4.00. The predicted octanol–water partition coefficient (Wildman–Crippen LogP) is 4.93. The first-order valence-electron chi connectivity index (χ1n) is 7.82. The molecule has 0 saturated heterocycles. The minimum absolute atomic E-state index is 0.0214. The maximum Gasteiger partial charge on any atom is 0.125 e.